The molecule has 1 amide bonds. The predicted octanol–water partition coefficient (Wildman–Crippen LogP) is 7.94. The monoisotopic (exact) mass is 736 g/mol. The molecule has 0 aliphatic heterocycles. The maximum atomic E-state index is 14.8. The summed E-state index contributed by atoms with van der Waals surface area (Å²) in [7, 11) is -4.25. The average molecular weight is 737 g/mol. The number of ether oxygens (including phenoxy) is 1. The molecule has 6 N–H and O–H groups in total. The number of carbonyl (C=O) groups is 2. The van der Waals surface area contributed by atoms with Crippen LogP contribution in [0.15, 0.2) is 118 Å². The van der Waals surface area contributed by atoms with E-state index < -0.39 is 31.6 Å². The van der Waals surface area contributed by atoms with Gasteiger partial charge in [-0.15, -0.1) is 23.5 Å². The molecule has 0 radical (unpaired) electrons. The molecule has 0 heterocycles. The minimum absolute atomic E-state index is 0.0150. The van der Waals surface area contributed by atoms with Gasteiger partial charge in [0, 0.05) is 9.79 Å². The Labute approximate surface area is 288 Å². The SMILES string of the molecule is CSc1ccc(OP(=O)(Oc2ccc(SC)cc2)C(NC(=O)OCc2ccccc2)c2ccc(N=C(N)N)cc2)cc1.O=C(O)C(F)(F)F. The number of hydrogen-bond acceptors (Lipinski definition) is 9. The highest BCUT2D eigenvalue weighted by atomic mass is 32.2. The van der Waals surface area contributed by atoms with Crippen molar-refractivity contribution in [2.45, 2.75) is 28.4 Å². The van der Waals surface area contributed by atoms with E-state index >= 15 is 0 Å². The molecule has 0 aromatic heterocycles. The number of hydrogen-bond donors (Lipinski definition) is 4. The maximum Gasteiger partial charge on any atom is 0.490 e. The second-order valence-corrected chi connectivity index (χ2v) is 13.3. The molecular weight excluding hydrogens is 704 g/mol. The summed E-state index contributed by atoms with van der Waals surface area (Å²) in [6, 6.07) is 29.9. The lowest BCUT2D eigenvalue weighted by Gasteiger charge is -2.28. The van der Waals surface area contributed by atoms with Crippen molar-refractivity contribution in [2.24, 2.45) is 16.5 Å². The third-order valence-electron chi connectivity index (χ3n) is 6.08. The van der Waals surface area contributed by atoms with Crippen LogP contribution < -0.4 is 25.8 Å². The van der Waals surface area contributed by atoms with Crippen LogP contribution >= 0.6 is 31.1 Å². The maximum absolute atomic E-state index is 14.8. The Balaban J connectivity index is 0.000000838. The molecule has 1 atom stereocenters. The number of nitrogens with zero attached hydrogens (tertiary/aromatic N) is 1. The number of alkyl halides is 3. The van der Waals surface area contributed by atoms with Crippen molar-refractivity contribution in [3.05, 3.63) is 114 Å². The number of halogens is 3. The highest BCUT2D eigenvalue weighted by Gasteiger charge is 2.42. The largest absolute Gasteiger partial charge is 0.490 e. The fraction of sp³-hybridized carbons (Fsp3) is 0.156. The number of carboxylic acids is 1. The van der Waals surface area contributed by atoms with Gasteiger partial charge < -0.3 is 35.7 Å². The van der Waals surface area contributed by atoms with Crippen molar-refractivity contribution < 1.29 is 46.2 Å². The van der Waals surface area contributed by atoms with E-state index in [-0.39, 0.29) is 12.6 Å². The summed E-state index contributed by atoms with van der Waals surface area (Å²) in [6.07, 6.45) is -1.98. The van der Waals surface area contributed by atoms with Crippen molar-refractivity contribution in [1.29, 1.82) is 0 Å². The molecule has 49 heavy (non-hydrogen) atoms. The van der Waals surface area contributed by atoms with E-state index in [1.807, 2.05) is 67.1 Å². The minimum Gasteiger partial charge on any atom is -0.475 e. The number of alkyl carbamates (subject to hydrolysis) is 1. The van der Waals surface area contributed by atoms with Crippen LogP contribution in [0.2, 0.25) is 0 Å². The predicted molar refractivity (Wildman–Crippen MR) is 183 cm³/mol. The molecule has 1 unspecified atom stereocenters. The number of carbonyl (C=O) groups excluding carboxylic acids is 1. The average Bonchev–Trinajstić information content (AvgIpc) is 3.07. The Hall–Kier alpha value is -4.79. The van der Waals surface area contributed by atoms with Crippen molar-refractivity contribution in [3.8, 4) is 11.5 Å². The Bertz CT molecular complexity index is 1690. The number of benzene rings is 4. The number of nitrogens with one attached hydrogen (secondary N) is 1. The smallest absolute Gasteiger partial charge is 0.475 e. The second kappa shape index (κ2) is 18.1. The fourth-order valence-corrected chi connectivity index (χ4v) is 6.49. The molecular formula is C32H32F3N4O7PS2. The van der Waals surface area contributed by atoms with Gasteiger partial charge in [-0.25, -0.2) is 19.1 Å². The van der Waals surface area contributed by atoms with Crippen molar-refractivity contribution in [3.63, 3.8) is 0 Å². The van der Waals surface area contributed by atoms with Gasteiger partial charge in [0.05, 0.1) is 5.69 Å². The number of aliphatic carboxylic acids is 1. The molecule has 0 aliphatic carbocycles. The van der Waals surface area contributed by atoms with E-state index in [9.17, 15) is 22.5 Å². The molecule has 260 valence electrons. The molecule has 0 saturated carbocycles. The Morgan fingerprint density at radius 3 is 1.71 bits per heavy atom. The van der Waals surface area contributed by atoms with E-state index in [0.29, 0.717) is 22.7 Å². The summed E-state index contributed by atoms with van der Waals surface area (Å²) >= 11 is 3.12. The molecule has 0 bridgehead atoms. The van der Waals surface area contributed by atoms with Crippen LogP contribution in [0.3, 0.4) is 0 Å². The molecule has 17 heteroatoms. The Morgan fingerprint density at radius 1 is 0.837 bits per heavy atom. The number of carboxylic acid groups (broad SMARTS) is 1. The van der Waals surface area contributed by atoms with E-state index in [1.54, 1.807) is 72.1 Å². The lowest BCUT2D eigenvalue weighted by Crippen LogP contribution is -2.31. The first-order valence-electron chi connectivity index (χ1n) is 14.0. The molecule has 0 aliphatic rings. The van der Waals surface area contributed by atoms with Crippen LogP contribution in [0.5, 0.6) is 11.5 Å². The third kappa shape index (κ3) is 12.6. The lowest BCUT2D eigenvalue weighted by molar-refractivity contribution is -0.192. The van der Waals surface area contributed by atoms with Gasteiger partial charge in [-0.3, -0.25) is 0 Å². The Kier molecular flexibility index (Phi) is 14.3. The number of thioether (sulfide) groups is 2. The lowest BCUT2D eigenvalue weighted by atomic mass is 10.2. The van der Waals surface area contributed by atoms with Gasteiger partial charge in [0.2, 0.25) is 0 Å². The zero-order valence-electron chi connectivity index (χ0n) is 26.0. The molecule has 11 nitrogen and oxygen atoms in total. The van der Waals surface area contributed by atoms with Crippen LogP contribution in [-0.2, 0) is 20.7 Å². The van der Waals surface area contributed by atoms with Gasteiger partial charge >= 0.3 is 25.8 Å². The zero-order valence-corrected chi connectivity index (χ0v) is 28.5. The number of amides is 1. The minimum atomic E-state index is -5.08. The van der Waals surface area contributed by atoms with E-state index in [1.165, 1.54) is 0 Å². The van der Waals surface area contributed by atoms with Crippen molar-refractivity contribution in [2.75, 3.05) is 12.5 Å². The summed E-state index contributed by atoms with van der Waals surface area (Å²) in [5, 5.41) is 9.85. The van der Waals surface area contributed by atoms with Gasteiger partial charge in [-0.2, -0.15) is 13.2 Å². The van der Waals surface area contributed by atoms with Gasteiger partial charge in [-0.05, 0) is 84.3 Å². The standard InChI is InChI=1S/C30H31N4O5PS2.C2HF3O2/c1-41-26-16-12-24(13-17-26)38-40(36,39-25-14-18-27(42-2)19-15-25)28(22-8-10-23(11-9-22)33-29(31)32)34-30(35)37-20-21-6-4-3-5-7-21;3-2(4,5)1(6)7/h3-19,28H,20H2,1-2H3,(H,34,35)(H4,31,32,33);(H,6,7). The first-order chi connectivity index (χ1) is 23.2. The van der Waals surface area contributed by atoms with Gasteiger partial charge in [0.15, 0.2) is 11.7 Å². The normalized spacial score (nSPS) is 11.6. The van der Waals surface area contributed by atoms with Crippen molar-refractivity contribution >= 4 is 54.8 Å². The highest BCUT2D eigenvalue weighted by molar-refractivity contribution is 7.98. The van der Waals surface area contributed by atoms with Crippen LogP contribution in [0.25, 0.3) is 0 Å². The highest BCUT2D eigenvalue weighted by Crippen LogP contribution is 2.59. The number of guanidine groups is 1. The van der Waals surface area contributed by atoms with Crippen LogP contribution in [0.4, 0.5) is 23.7 Å². The topological polar surface area (TPSA) is 176 Å². The summed E-state index contributed by atoms with van der Waals surface area (Å²) in [6.45, 7) is 0.0150. The molecule has 0 saturated heterocycles. The Morgan fingerprint density at radius 2 is 1.31 bits per heavy atom. The van der Waals surface area contributed by atoms with E-state index in [4.69, 9.17) is 35.2 Å². The summed E-state index contributed by atoms with van der Waals surface area (Å²) in [5.41, 5.74) is 12.7. The summed E-state index contributed by atoms with van der Waals surface area (Å²) < 4.78 is 64.3. The number of nitrogens with two attached hydrogens (primary N) is 2. The fourth-order valence-electron chi connectivity index (χ4n) is 3.79. The first kappa shape index (κ1) is 38.7. The summed E-state index contributed by atoms with van der Waals surface area (Å²) in [4.78, 5) is 28.0. The van der Waals surface area contributed by atoms with Crippen LogP contribution in [0, 0.1) is 0 Å². The molecule has 4 aromatic carbocycles. The third-order valence-corrected chi connectivity index (χ3v) is 9.55. The van der Waals surface area contributed by atoms with Crippen LogP contribution in [-0.4, -0.2) is 41.8 Å². The molecule has 4 rings (SSSR count). The molecule has 4 aromatic rings. The van der Waals surface area contributed by atoms with E-state index in [2.05, 4.69) is 10.3 Å². The second-order valence-electron chi connectivity index (χ2n) is 9.61. The van der Waals surface area contributed by atoms with Gasteiger partial charge in [0.1, 0.15) is 18.1 Å². The van der Waals surface area contributed by atoms with Crippen molar-refractivity contribution in [1.82, 2.24) is 5.32 Å². The quantitative estimate of drug-likeness (QED) is 0.0481. The number of aliphatic imine (C=N–C) groups is 1. The van der Waals surface area contributed by atoms with Gasteiger partial charge in [0.25, 0.3) is 0 Å². The zero-order chi connectivity index (χ0) is 36.0. The van der Waals surface area contributed by atoms with Crippen LogP contribution in [0.1, 0.15) is 16.9 Å². The number of rotatable bonds is 12. The van der Waals surface area contributed by atoms with E-state index in [0.717, 1.165) is 15.4 Å². The molecule has 0 spiro atoms. The first-order valence-corrected chi connectivity index (χ1v) is 18.0. The summed E-state index contributed by atoms with van der Waals surface area (Å²) in [5.74, 6) is -3.53. The molecule has 0 fully saturated rings. The van der Waals surface area contributed by atoms with Gasteiger partial charge in [-0.1, -0.05) is 42.5 Å².